The molecule has 1 aromatic heterocycles. The van der Waals surface area contributed by atoms with Crippen molar-refractivity contribution in [2.24, 2.45) is 5.10 Å². The van der Waals surface area contributed by atoms with Gasteiger partial charge in [-0.3, -0.25) is 9.69 Å². The molecule has 35 heavy (non-hydrogen) atoms. The average Bonchev–Trinajstić information content (AvgIpc) is 3.47. The summed E-state index contributed by atoms with van der Waals surface area (Å²) in [5.41, 5.74) is 4.97. The van der Waals surface area contributed by atoms with E-state index in [0.717, 1.165) is 46.6 Å². The van der Waals surface area contributed by atoms with E-state index < -0.39 is 0 Å². The first-order chi connectivity index (χ1) is 17.0. The molecule has 1 N–H and O–H groups in total. The predicted molar refractivity (Wildman–Crippen MR) is 146 cm³/mol. The van der Waals surface area contributed by atoms with Gasteiger partial charge in [-0.15, -0.1) is 5.10 Å². The van der Waals surface area contributed by atoms with Gasteiger partial charge in [-0.05, 0) is 68.4 Å². The van der Waals surface area contributed by atoms with Crippen LogP contribution in [0.15, 0.2) is 84.1 Å². The van der Waals surface area contributed by atoms with Crippen LogP contribution < -0.4 is 14.8 Å². The number of H-pyrrole nitrogens is 1. The van der Waals surface area contributed by atoms with E-state index in [1.165, 1.54) is 0 Å². The Morgan fingerprint density at radius 3 is 2.29 bits per heavy atom. The summed E-state index contributed by atoms with van der Waals surface area (Å²) in [6.07, 6.45) is 1.65. The minimum absolute atomic E-state index is 0.0980. The zero-order chi connectivity index (χ0) is 24.5. The molecule has 0 aliphatic carbocycles. The van der Waals surface area contributed by atoms with E-state index in [1.54, 1.807) is 6.92 Å². The molecule has 5 rings (SSSR count). The maximum atomic E-state index is 12.9. The van der Waals surface area contributed by atoms with Gasteiger partial charge in [-0.25, -0.2) is 5.01 Å². The minimum atomic E-state index is -0.356. The van der Waals surface area contributed by atoms with Crippen molar-refractivity contribution in [1.82, 2.24) is 4.98 Å². The predicted octanol–water partition coefficient (Wildman–Crippen LogP) is 6.60. The van der Waals surface area contributed by atoms with Crippen LogP contribution in [0, 0.1) is 0 Å². The number of nitrogens with one attached hydrogen (secondary N) is 1. The number of aromatic amines is 1. The van der Waals surface area contributed by atoms with Crippen LogP contribution in [-0.4, -0.2) is 29.7 Å². The topological polar surface area (TPSA) is 54.9 Å². The molecule has 3 aromatic carbocycles. The lowest BCUT2D eigenvalue weighted by Crippen LogP contribution is -2.37. The van der Waals surface area contributed by atoms with Crippen molar-refractivity contribution in [1.29, 1.82) is 0 Å². The fourth-order valence-electron chi connectivity index (χ4n) is 4.72. The molecule has 0 spiro atoms. The standard InChI is InChI=1S/C28H28ClN5O/c1-4-32(5-2)21-14-16-22(17-15-21)33-27(19(3)35)31-34(23-12-10-20(29)11-13-23)28(33)25-18-30-26-9-7-6-8-24(25)26/h6-18,28,30H,4-5H2,1-3H3. The second kappa shape index (κ2) is 9.47. The second-order valence-corrected chi connectivity index (χ2v) is 8.96. The molecule has 7 heteroatoms. The summed E-state index contributed by atoms with van der Waals surface area (Å²) in [6.45, 7) is 7.72. The smallest absolute Gasteiger partial charge is 0.198 e. The number of benzene rings is 3. The molecule has 1 atom stereocenters. The Kier molecular flexibility index (Phi) is 6.22. The lowest BCUT2D eigenvalue weighted by atomic mass is 10.1. The molecule has 2 heterocycles. The van der Waals surface area contributed by atoms with Crippen LogP contribution >= 0.6 is 11.6 Å². The molecule has 0 radical (unpaired) electrons. The third-order valence-electron chi connectivity index (χ3n) is 6.47. The summed E-state index contributed by atoms with van der Waals surface area (Å²) in [6, 6.07) is 24.1. The molecule has 0 saturated heterocycles. The monoisotopic (exact) mass is 485 g/mol. The first-order valence-electron chi connectivity index (χ1n) is 11.9. The number of amidine groups is 1. The number of rotatable bonds is 7. The van der Waals surface area contributed by atoms with Crippen molar-refractivity contribution in [3.05, 3.63) is 89.6 Å². The average molecular weight is 486 g/mol. The Labute approximate surface area is 210 Å². The molecule has 178 valence electrons. The Bertz CT molecular complexity index is 1370. The zero-order valence-electron chi connectivity index (χ0n) is 20.1. The van der Waals surface area contributed by atoms with Crippen molar-refractivity contribution in [2.75, 3.05) is 27.9 Å². The van der Waals surface area contributed by atoms with E-state index >= 15 is 0 Å². The van der Waals surface area contributed by atoms with E-state index in [0.29, 0.717) is 10.9 Å². The molecule has 1 aliphatic rings. The highest BCUT2D eigenvalue weighted by atomic mass is 35.5. The SMILES string of the molecule is CCN(CC)c1ccc(N2C(C(C)=O)=NN(c3ccc(Cl)cc3)C2c2c[nH]c3ccccc23)cc1. The number of halogens is 1. The molecular formula is C28H28ClN5O. The van der Waals surface area contributed by atoms with Crippen LogP contribution in [0.25, 0.3) is 10.9 Å². The molecule has 0 fully saturated rings. The number of hydrazone groups is 1. The highest BCUT2D eigenvalue weighted by molar-refractivity contribution is 6.44. The van der Waals surface area contributed by atoms with Crippen LogP contribution in [0.4, 0.5) is 17.1 Å². The maximum absolute atomic E-state index is 12.9. The Morgan fingerprint density at radius 2 is 1.63 bits per heavy atom. The van der Waals surface area contributed by atoms with Crippen LogP contribution in [0.1, 0.15) is 32.5 Å². The van der Waals surface area contributed by atoms with Gasteiger partial charge in [0.2, 0.25) is 0 Å². The number of hydrogen-bond acceptors (Lipinski definition) is 5. The van der Waals surface area contributed by atoms with Gasteiger partial charge in [0.1, 0.15) is 0 Å². The second-order valence-electron chi connectivity index (χ2n) is 8.52. The quantitative estimate of drug-likeness (QED) is 0.320. The third-order valence-corrected chi connectivity index (χ3v) is 6.72. The normalized spacial score (nSPS) is 15.5. The highest BCUT2D eigenvalue weighted by Crippen LogP contribution is 2.42. The largest absolute Gasteiger partial charge is 0.372 e. The maximum Gasteiger partial charge on any atom is 0.198 e. The zero-order valence-corrected chi connectivity index (χ0v) is 20.8. The number of para-hydroxylation sites is 1. The minimum Gasteiger partial charge on any atom is -0.372 e. The summed E-state index contributed by atoms with van der Waals surface area (Å²) < 4.78 is 0. The number of hydrogen-bond donors (Lipinski definition) is 1. The summed E-state index contributed by atoms with van der Waals surface area (Å²) in [4.78, 5) is 20.6. The van der Waals surface area contributed by atoms with Gasteiger partial charge in [0.05, 0.1) is 5.69 Å². The van der Waals surface area contributed by atoms with E-state index in [9.17, 15) is 4.79 Å². The first kappa shape index (κ1) is 23.0. The molecular weight excluding hydrogens is 458 g/mol. The molecule has 1 aliphatic heterocycles. The fourth-order valence-corrected chi connectivity index (χ4v) is 4.84. The van der Waals surface area contributed by atoms with Crippen molar-refractivity contribution in [3.8, 4) is 0 Å². The van der Waals surface area contributed by atoms with Gasteiger partial charge >= 0.3 is 0 Å². The molecule has 6 nitrogen and oxygen atoms in total. The van der Waals surface area contributed by atoms with Crippen LogP contribution in [0.2, 0.25) is 5.02 Å². The van der Waals surface area contributed by atoms with E-state index in [1.807, 2.05) is 52.5 Å². The lowest BCUT2D eigenvalue weighted by Gasteiger charge is -2.32. The Hall–Kier alpha value is -3.77. The van der Waals surface area contributed by atoms with Gasteiger partial charge < -0.3 is 9.88 Å². The van der Waals surface area contributed by atoms with Crippen LogP contribution in [0.3, 0.4) is 0 Å². The van der Waals surface area contributed by atoms with Crippen molar-refractivity contribution < 1.29 is 4.79 Å². The first-order valence-corrected chi connectivity index (χ1v) is 12.2. The number of anilines is 3. The number of nitrogens with zero attached hydrogens (tertiary/aromatic N) is 4. The van der Waals surface area contributed by atoms with Crippen molar-refractivity contribution >= 4 is 51.2 Å². The summed E-state index contributed by atoms with van der Waals surface area (Å²) in [5.74, 6) is 0.296. The van der Waals surface area contributed by atoms with Gasteiger partial charge in [-0.2, -0.15) is 0 Å². The van der Waals surface area contributed by atoms with Gasteiger partial charge in [0, 0.05) is 59.1 Å². The number of fused-ring (bicyclic) bond motifs is 1. The number of carbonyl (C=O) groups excluding carboxylic acids is 1. The van der Waals surface area contributed by atoms with Gasteiger partial charge in [0.15, 0.2) is 17.8 Å². The van der Waals surface area contributed by atoms with Crippen molar-refractivity contribution in [3.63, 3.8) is 0 Å². The Balaban J connectivity index is 1.67. The number of carbonyl (C=O) groups is 1. The van der Waals surface area contributed by atoms with Crippen LogP contribution in [-0.2, 0) is 4.79 Å². The Morgan fingerprint density at radius 1 is 0.971 bits per heavy atom. The van der Waals surface area contributed by atoms with E-state index in [2.05, 4.69) is 60.1 Å². The van der Waals surface area contributed by atoms with Crippen molar-refractivity contribution in [2.45, 2.75) is 26.9 Å². The number of ketones is 1. The highest BCUT2D eigenvalue weighted by Gasteiger charge is 2.40. The summed E-state index contributed by atoms with van der Waals surface area (Å²) in [7, 11) is 0. The lowest BCUT2D eigenvalue weighted by molar-refractivity contribution is -0.111. The van der Waals surface area contributed by atoms with Gasteiger partial charge in [0.25, 0.3) is 0 Å². The third kappa shape index (κ3) is 4.15. The van der Waals surface area contributed by atoms with Crippen LogP contribution in [0.5, 0.6) is 0 Å². The molecule has 0 bridgehead atoms. The molecule has 0 saturated carbocycles. The summed E-state index contributed by atoms with van der Waals surface area (Å²) in [5, 5.41) is 8.48. The van der Waals surface area contributed by atoms with E-state index in [4.69, 9.17) is 16.7 Å². The number of aromatic nitrogens is 1. The van der Waals surface area contributed by atoms with E-state index in [-0.39, 0.29) is 11.9 Å². The fraction of sp³-hybridized carbons (Fsp3) is 0.214. The number of Topliss-reactive ketones (excluding diaryl/α,β-unsaturated/α-hetero) is 1. The van der Waals surface area contributed by atoms with Gasteiger partial charge in [-0.1, -0.05) is 29.8 Å². The summed E-state index contributed by atoms with van der Waals surface area (Å²) >= 11 is 6.17. The molecule has 4 aromatic rings. The molecule has 0 amide bonds. The molecule has 1 unspecified atom stereocenters.